The van der Waals surface area contributed by atoms with Crippen molar-refractivity contribution in [3.8, 4) is 0 Å². The molecule has 0 radical (unpaired) electrons. The number of fused-ring (bicyclic) bond motifs is 3. The van der Waals surface area contributed by atoms with Crippen molar-refractivity contribution < 1.29 is 18.4 Å². The van der Waals surface area contributed by atoms with Gasteiger partial charge in [-0.05, 0) is 30.7 Å². The Bertz CT molecular complexity index is 1090. The van der Waals surface area contributed by atoms with Crippen molar-refractivity contribution in [2.75, 3.05) is 11.1 Å². The molecule has 1 atom stereocenters. The highest BCUT2D eigenvalue weighted by Gasteiger charge is 2.40. The van der Waals surface area contributed by atoms with Crippen LogP contribution in [0.2, 0.25) is 0 Å². The van der Waals surface area contributed by atoms with Crippen LogP contribution >= 0.6 is 11.8 Å². The molecule has 0 saturated heterocycles. The maximum absolute atomic E-state index is 13.8. The zero-order chi connectivity index (χ0) is 21.3. The van der Waals surface area contributed by atoms with E-state index in [-0.39, 0.29) is 17.3 Å². The zero-order valence-electron chi connectivity index (χ0n) is 16.1. The first-order valence-corrected chi connectivity index (χ1v) is 10.4. The van der Waals surface area contributed by atoms with Gasteiger partial charge in [-0.15, -0.1) is 0 Å². The van der Waals surface area contributed by atoms with Gasteiger partial charge in [0.1, 0.15) is 23.5 Å². The van der Waals surface area contributed by atoms with Gasteiger partial charge in [0, 0.05) is 11.6 Å². The molecule has 1 N–H and O–H groups in total. The highest BCUT2D eigenvalue weighted by molar-refractivity contribution is 8.14. The van der Waals surface area contributed by atoms with Crippen LogP contribution in [0.3, 0.4) is 0 Å². The second kappa shape index (κ2) is 8.35. The van der Waals surface area contributed by atoms with E-state index in [2.05, 4.69) is 15.3 Å². The average Bonchev–Trinajstić information content (AvgIpc) is 3.06. The third kappa shape index (κ3) is 3.85. The minimum Gasteiger partial charge on any atom is -0.323 e. The van der Waals surface area contributed by atoms with Crippen LogP contribution in [0.5, 0.6) is 0 Å². The first kappa shape index (κ1) is 20.2. The quantitative estimate of drug-likeness (QED) is 0.779. The van der Waals surface area contributed by atoms with Gasteiger partial charge in [0.05, 0.1) is 17.1 Å². The number of para-hydroxylation sites is 1. The summed E-state index contributed by atoms with van der Waals surface area (Å²) in [5.41, 5.74) is 1.19. The highest BCUT2D eigenvalue weighted by atomic mass is 32.2. The van der Waals surface area contributed by atoms with Crippen molar-refractivity contribution >= 4 is 46.0 Å². The molecule has 0 saturated carbocycles. The number of halogens is 2. The third-order valence-electron chi connectivity index (χ3n) is 4.64. The van der Waals surface area contributed by atoms with E-state index in [1.165, 1.54) is 4.90 Å². The molecule has 2 aromatic carbocycles. The molecule has 30 heavy (non-hydrogen) atoms. The molecule has 154 valence electrons. The van der Waals surface area contributed by atoms with Crippen LogP contribution < -0.4 is 5.32 Å². The van der Waals surface area contributed by atoms with Gasteiger partial charge in [-0.3, -0.25) is 14.6 Å². The van der Waals surface area contributed by atoms with Crippen molar-refractivity contribution in [2.24, 2.45) is 9.98 Å². The minimum absolute atomic E-state index is 0.132. The van der Waals surface area contributed by atoms with Gasteiger partial charge in [-0.2, -0.15) is 0 Å². The Morgan fingerprint density at radius 1 is 1.23 bits per heavy atom. The molecule has 2 heterocycles. The standard InChI is InChI=1S/C21H18F2N4O2S/c1-2-5-16-20(29)27-19(25-16)13-6-3-4-7-15(13)26-21(27)30-11-18(28)24-17-10-12(22)8-9-14(17)23/h3-4,6-10,16H,2,5,11H2,1H3,(H,24,28)/t16-/m1/s1. The monoisotopic (exact) mass is 428 g/mol. The summed E-state index contributed by atoms with van der Waals surface area (Å²) in [6, 6.07) is 9.71. The number of hydrogen-bond donors (Lipinski definition) is 1. The first-order chi connectivity index (χ1) is 14.5. The maximum Gasteiger partial charge on any atom is 0.259 e. The van der Waals surface area contributed by atoms with Crippen molar-refractivity contribution in [3.63, 3.8) is 0 Å². The van der Waals surface area contributed by atoms with Crippen LogP contribution in [0.15, 0.2) is 52.4 Å². The second-order valence-electron chi connectivity index (χ2n) is 6.80. The smallest absolute Gasteiger partial charge is 0.259 e. The zero-order valence-corrected chi connectivity index (χ0v) is 16.9. The molecule has 0 aliphatic carbocycles. The number of anilines is 1. The van der Waals surface area contributed by atoms with Crippen LogP contribution in [-0.2, 0) is 9.59 Å². The lowest BCUT2D eigenvalue weighted by Crippen LogP contribution is -2.41. The van der Waals surface area contributed by atoms with Gasteiger partial charge in [-0.25, -0.2) is 18.7 Å². The lowest BCUT2D eigenvalue weighted by Gasteiger charge is -2.25. The lowest BCUT2D eigenvalue weighted by atomic mass is 10.1. The van der Waals surface area contributed by atoms with E-state index in [9.17, 15) is 18.4 Å². The number of hydrogen-bond acceptors (Lipinski definition) is 5. The number of amidine groups is 2. The Balaban J connectivity index is 1.54. The summed E-state index contributed by atoms with van der Waals surface area (Å²) in [5, 5.41) is 2.69. The first-order valence-electron chi connectivity index (χ1n) is 9.45. The SMILES string of the molecule is CCC[C@H]1N=C2c3ccccc3N=C(SCC(=O)Nc3cc(F)ccc3F)N2C1=O. The molecule has 2 amide bonds. The Hall–Kier alpha value is -3.07. The Labute approximate surface area is 176 Å². The number of rotatable bonds is 5. The fraction of sp³-hybridized carbons (Fsp3) is 0.238. The predicted octanol–water partition coefficient (Wildman–Crippen LogP) is 4.10. The lowest BCUT2D eigenvalue weighted by molar-refractivity contribution is -0.124. The van der Waals surface area contributed by atoms with Crippen molar-refractivity contribution in [1.29, 1.82) is 0 Å². The van der Waals surface area contributed by atoms with E-state index in [1.807, 2.05) is 31.2 Å². The number of benzene rings is 2. The fourth-order valence-electron chi connectivity index (χ4n) is 3.27. The molecule has 0 bridgehead atoms. The molecular weight excluding hydrogens is 410 g/mol. The Morgan fingerprint density at radius 3 is 2.83 bits per heavy atom. The number of carbonyl (C=O) groups excluding carboxylic acids is 2. The summed E-state index contributed by atoms with van der Waals surface area (Å²) in [6.07, 6.45) is 1.43. The molecule has 6 nitrogen and oxygen atoms in total. The molecule has 0 unspecified atom stereocenters. The molecule has 9 heteroatoms. The third-order valence-corrected chi connectivity index (χ3v) is 5.58. The van der Waals surface area contributed by atoms with E-state index in [4.69, 9.17) is 0 Å². The van der Waals surface area contributed by atoms with E-state index in [0.29, 0.717) is 23.1 Å². The molecule has 0 spiro atoms. The Kier molecular flexibility index (Phi) is 5.63. The van der Waals surface area contributed by atoms with Gasteiger partial charge in [0.25, 0.3) is 5.91 Å². The second-order valence-corrected chi connectivity index (χ2v) is 7.75. The van der Waals surface area contributed by atoms with E-state index in [0.717, 1.165) is 41.9 Å². The molecule has 0 aromatic heterocycles. The molecule has 2 aliphatic heterocycles. The molecule has 4 rings (SSSR count). The molecule has 2 aromatic rings. The summed E-state index contributed by atoms with van der Waals surface area (Å²) in [6.45, 7) is 1.98. The van der Waals surface area contributed by atoms with Crippen molar-refractivity contribution in [2.45, 2.75) is 25.8 Å². The molecule has 2 aliphatic rings. The average molecular weight is 428 g/mol. The van der Waals surface area contributed by atoms with Crippen LogP contribution in [-0.4, -0.2) is 39.5 Å². The van der Waals surface area contributed by atoms with Gasteiger partial charge in [0.15, 0.2) is 5.17 Å². The number of nitrogens with one attached hydrogen (secondary N) is 1. The maximum atomic E-state index is 13.8. The largest absolute Gasteiger partial charge is 0.323 e. The van der Waals surface area contributed by atoms with Crippen molar-refractivity contribution in [1.82, 2.24) is 4.90 Å². The number of thioether (sulfide) groups is 1. The van der Waals surface area contributed by atoms with Crippen molar-refractivity contribution in [3.05, 3.63) is 59.7 Å². The molecule has 0 fully saturated rings. The van der Waals surface area contributed by atoms with Crippen LogP contribution in [0.4, 0.5) is 20.2 Å². The van der Waals surface area contributed by atoms with Crippen LogP contribution in [0.25, 0.3) is 0 Å². The highest BCUT2D eigenvalue weighted by Crippen LogP contribution is 2.34. The fourth-order valence-corrected chi connectivity index (χ4v) is 4.07. The topological polar surface area (TPSA) is 74.1 Å². The Morgan fingerprint density at radius 2 is 2.03 bits per heavy atom. The number of aliphatic imine (C=N–C) groups is 2. The minimum atomic E-state index is -0.731. The summed E-state index contributed by atoms with van der Waals surface area (Å²) >= 11 is 1.04. The van der Waals surface area contributed by atoms with E-state index in [1.54, 1.807) is 0 Å². The summed E-state index contributed by atoms with van der Waals surface area (Å²) in [4.78, 5) is 35.8. The normalized spacial score (nSPS) is 17.2. The number of carbonyl (C=O) groups is 2. The van der Waals surface area contributed by atoms with Gasteiger partial charge in [-0.1, -0.05) is 37.2 Å². The summed E-state index contributed by atoms with van der Waals surface area (Å²) < 4.78 is 27.1. The van der Waals surface area contributed by atoms with Crippen LogP contribution in [0.1, 0.15) is 25.3 Å². The van der Waals surface area contributed by atoms with Gasteiger partial charge < -0.3 is 5.32 Å². The van der Waals surface area contributed by atoms with E-state index < -0.39 is 23.6 Å². The predicted molar refractivity (Wildman–Crippen MR) is 113 cm³/mol. The summed E-state index contributed by atoms with van der Waals surface area (Å²) in [5.74, 6) is -1.70. The summed E-state index contributed by atoms with van der Waals surface area (Å²) in [7, 11) is 0. The number of nitrogens with zero attached hydrogens (tertiary/aromatic N) is 3. The van der Waals surface area contributed by atoms with E-state index >= 15 is 0 Å². The van der Waals surface area contributed by atoms with Gasteiger partial charge >= 0.3 is 0 Å². The molecular formula is C21H18F2N4O2S. The van der Waals surface area contributed by atoms with Gasteiger partial charge in [0.2, 0.25) is 5.91 Å². The number of amides is 2. The van der Waals surface area contributed by atoms with Crippen LogP contribution in [0, 0.1) is 11.6 Å².